The third kappa shape index (κ3) is 5.25. The Labute approximate surface area is 157 Å². The summed E-state index contributed by atoms with van der Waals surface area (Å²) in [6.45, 7) is 6.26. The van der Waals surface area contributed by atoms with E-state index < -0.39 is 0 Å². The van der Waals surface area contributed by atoms with Crippen molar-refractivity contribution in [2.24, 2.45) is 0 Å². The molecular formula is C18H22ClN3O2S. The van der Waals surface area contributed by atoms with Crippen LogP contribution in [0.25, 0.3) is 10.6 Å². The maximum Gasteiger partial charge on any atom is 0.226 e. The molecule has 7 heteroatoms. The second kappa shape index (κ2) is 8.76. The highest BCUT2D eigenvalue weighted by Crippen LogP contribution is 2.30. The van der Waals surface area contributed by atoms with Crippen LogP contribution in [0.1, 0.15) is 12.6 Å². The van der Waals surface area contributed by atoms with Crippen molar-refractivity contribution in [3.63, 3.8) is 0 Å². The van der Waals surface area contributed by atoms with Gasteiger partial charge in [0.1, 0.15) is 5.01 Å². The highest BCUT2D eigenvalue weighted by molar-refractivity contribution is 7.13. The van der Waals surface area contributed by atoms with Crippen LogP contribution in [0.3, 0.4) is 0 Å². The summed E-state index contributed by atoms with van der Waals surface area (Å²) in [6, 6.07) is 7.71. The predicted molar refractivity (Wildman–Crippen MR) is 101 cm³/mol. The number of aromatic nitrogens is 1. The van der Waals surface area contributed by atoms with Gasteiger partial charge in [-0.3, -0.25) is 9.69 Å². The van der Waals surface area contributed by atoms with Crippen molar-refractivity contribution in [1.29, 1.82) is 0 Å². The fourth-order valence-electron chi connectivity index (χ4n) is 2.85. The van der Waals surface area contributed by atoms with Gasteiger partial charge >= 0.3 is 0 Å². The Balaban J connectivity index is 1.52. The van der Waals surface area contributed by atoms with Gasteiger partial charge in [-0.15, -0.1) is 11.3 Å². The third-order valence-electron chi connectivity index (χ3n) is 4.04. The molecule has 3 rings (SSSR count). The number of carbonyl (C=O) groups excluding carboxylic acids is 1. The van der Waals surface area contributed by atoms with Gasteiger partial charge in [-0.1, -0.05) is 29.8 Å². The molecule has 134 valence electrons. The van der Waals surface area contributed by atoms with E-state index in [0.29, 0.717) is 5.02 Å². The lowest BCUT2D eigenvalue weighted by Crippen LogP contribution is -2.46. The van der Waals surface area contributed by atoms with E-state index in [4.69, 9.17) is 16.3 Å². The van der Waals surface area contributed by atoms with Gasteiger partial charge in [0.05, 0.1) is 30.4 Å². The molecule has 1 aromatic heterocycles. The number of nitrogens with one attached hydrogen (secondary N) is 1. The topological polar surface area (TPSA) is 54.5 Å². The summed E-state index contributed by atoms with van der Waals surface area (Å²) in [4.78, 5) is 19.1. The standard InChI is InChI=1S/C18H22ClN3O2S/c1-13(11-22-6-8-24-9-7-22)20-17(23)10-14-12-25-18(21-14)15-4-2-3-5-16(15)19/h2-5,12-13H,6-11H2,1H3,(H,20,23). The molecule has 1 atom stereocenters. The Bertz CT molecular complexity index is 716. The number of carbonyl (C=O) groups is 1. The van der Waals surface area contributed by atoms with E-state index >= 15 is 0 Å². The molecule has 0 radical (unpaired) electrons. The van der Waals surface area contributed by atoms with Crippen molar-refractivity contribution in [2.45, 2.75) is 19.4 Å². The first-order valence-corrected chi connectivity index (χ1v) is 9.66. The van der Waals surface area contributed by atoms with Crippen LogP contribution in [0.2, 0.25) is 5.02 Å². The van der Waals surface area contributed by atoms with Crippen molar-refractivity contribution in [1.82, 2.24) is 15.2 Å². The first-order valence-electron chi connectivity index (χ1n) is 8.40. The third-order valence-corrected chi connectivity index (χ3v) is 5.29. The summed E-state index contributed by atoms with van der Waals surface area (Å²) in [5, 5.41) is 6.49. The maximum absolute atomic E-state index is 12.3. The molecule has 1 N–H and O–H groups in total. The average Bonchev–Trinajstić information content (AvgIpc) is 3.04. The number of hydrogen-bond donors (Lipinski definition) is 1. The average molecular weight is 380 g/mol. The van der Waals surface area contributed by atoms with Crippen molar-refractivity contribution < 1.29 is 9.53 Å². The number of ether oxygens (including phenoxy) is 1. The van der Waals surface area contributed by atoms with Crippen molar-refractivity contribution >= 4 is 28.8 Å². The number of hydrogen-bond acceptors (Lipinski definition) is 5. The summed E-state index contributed by atoms with van der Waals surface area (Å²) >= 11 is 7.72. The molecule has 2 aromatic rings. The maximum atomic E-state index is 12.3. The van der Waals surface area contributed by atoms with Gasteiger partial charge in [-0.25, -0.2) is 4.98 Å². The highest BCUT2D eigenvalue weighted by Gasteiger charge is 2.16. The van der Waals surface area contributed by atoms with E-state index in [1.54, 1.807) is 0 Å². The molecule has 0 saturated carbocycles. The predicted octanol–water partition coefficient (Wildman–Crippen LogP) is 2.84. The normalized spacial score (nSPS) is 16.6. The second-order valence-corrected chi connectivity index (χ2v) is 7.45. The zero-order valence-electron chi connectivity index (χ0n) is 14.2. The molecular weight excluding hydrogens is 358 g/mol. The molecule has 1 aliphatic rings. The van der Waals surface area contributed by atoms with E-state index in [0.717, 1.165) is 49.1 Å². The molecule has 1 amide bonds. The smallest absolute Gasteiger partial charge is 0.226 e. The van der Waals surface area contributed by atoms with Crippen LogP contribution in [0.4, 0.5) is 0 Å². The lowest BCUT2D eigenvalue weighted by molar-refractivity contribution is -0.121. The van der Waals surface area contributed by atoms with Crippen LogP contribution in [0.5, 0.6) is 0 Å². The lowest BCUT2D eigenvalue weighted by Gasteiger charge is -2.29. The number of halogens is 1. The Hall–Kier alpha value is -1.47. The summed E-state index contributed by atoms with van der Waals surface area (Å²) in [5.41, 5.74) is 1.68. The number of amides is 1. The zero-order chi connectivity index (χ0) is 17.6. The Morgan fingerprint density at radius 1 is 1.40 bits per heavy atom. The largest absolute Gasteiger partial charge is 0.379 e. The Morgan fingerprint density at radius 2 is 2.16 bits per heavy atom. The number of nitrogens with zero attached hydrogens (tertiary/aromatic N) is 2. The molecule has 1 aromatic carbocycles. The van der Waals surface area contributed by atoms with E-state index in [2.05, 4.69) is 15.2 Å². The first kappa shape index (κ1) is 18.3. The van der Waals surface area contributed by atoms with Gasteiger partial charge in [0.2, 0.25) is 5.91 Å². The number of rotatable bonds is 6. The SMILES string of the molecule is CC(CN1CCOCC1)NC(=O)Cc1csc(-c2ccccc2Cl)n1. The van der Waals surface area contributed by atoms with Gasteiger partial charge in [0.25, 0.3) is 0 Å². The zero-order valence-corrected chi connectivity index (χ0v) is 15.8. The molecule has 2 heterocycles. The minimum atomic E-state index is -0.00299. The Kier molecular flexibility index (Phi) is 6.42. The molecule has 0 bridgehead atoms. The fourth-order valence-corrected chi connectivity index (χ4v) is 3.99. The van der Waals surface area contributed by atoms with Crippen LogP contribution in [-0.4, -0.2) is 54.7 Å². The summed E-state index contributed by atoms with van der Waals surface area (Å²) in [5.74, 6) is -0.00299. The molecule has 0 spiro atoms. The van der Waals surface area contributed by atoms with Crippen LogP contribution >= 0.6 is 22.9 Å². The number of morpholine rings is 1. The number of thiazole rings is 1. The van der Waals surface area contributed by atoms with Crippen molar-refractivity contribution in [3.8, 4) is 10.6 Å². The highest BCUT2D eigenvalue weighted by atomic mass is 35.5. The van der Waals surface area contributed by atoms with E-state index in [1.165, 1.54) is 11.3 Å². The fraction of sp³-hybridized carbons (Fsp3) is 0.444. The molecule has 1 saturated heterocycles. The van der Waals surface area contributed by atoms with E-state index in [-0.39, 0.29) is 18.4 Å². The van der Waals surface area contributed by atoms with Gasteiger partial charge in [-0.2, -0.15) is 0 Å². The Morgan fingerprint density at radius 3 is 2.92 bits per heavy atom. The van der Waals surface area contributed by atoms with Crippen molar-refractivity contribution in [2.75, 3.05) is 32.8 Å². The molecule has 5 nitrogen and oxygen atoms in total. The molecule has 25 heavy (non-hydrogen) atoms. The van der Waals surface area contributed by atoms with Crippen LogP contribution in [-0.2, 0) is 16.0 Å². The minimum Gasteiger partial charge on any atom is -0.379 e. The van der Waals surface area contributed by atoms with Gasteiger partial charge in [0, 0.05) is 36.6 Å². The monoisotopic (exact) mass is 379 g/mol. The summed E-state index contributed by atoms with van der Waals surface area (Å²) in [7, 11) is 0. The molecule has 1 unspecified atom stereocenters. The number of benzene rings is 1. The van der Waals surface area contributed by atoms with Gasteiger partial charge < -0.3 is 10.1 Å². The lowest BCUT2D eigenvalue weighted by atomic mass is 10.2. The summed E-state index contributed by atoms with van der Waals surface area (Å²) in [6.07, 6.45) is 0.286. The molecule has 1 aliphatic heterocycles. The van der Waals surface area contributed by atoms with Gasteiger partial charge in [0.15, 0.2) is 0 Å². The van der Waals surface area contributed by atoms with Crippen LogP contribution < -0.4 is 5.32 Å². The van der Waals surface area contributed by atoms with Crippen LogP contribution in [0, 0.1) is 0 Å². The first-order chi connectivity index (χ1) is 12.1. The quantitative estimate of drug-likeness (QED) is 0.838. The van der Waals surface area contributed by atoms with Gasteiger partial charge in [-0.05, 0) is 13.0 Å². The van der Waals surface area contributed by atoms with Crippen LogP contribution in [0.15, 0.2) is 29.6 Å². The molecule has 1 fully saturated rings. The van der Waals surface area contributed by atoms with E-state index in [1.807, 2.05) is 36.6 Å². The van der Waals surface area contributed by atoms with E-state index in [9.17, 15) is 4.79 Å². The molecule has 0 aliphatic carbocycles. The summed E-state index contributed by atoms with van der Waals surface area (Å²) < 4.78 is 5.34. The minimum absolute atomic E-state index is 0.00299. The van der Waals surface area contributed by atoms with Crippen molar-refractivity contribution in [3.05, 3.63) is 40.4 Å². The second-order valence-electron chi connectivity index (χ2n) is 6.18.